The van der Waals surface area contributed by atoms with Gasteiger partial charge in [0.15, 0.2) is 0 Å². The molecule has 4 rings (SSSR count). The Hall–Kier alpha value is -0.810. The maximum atomic E-state index is 12.0. The van der Waals surface area contributed by atoms with Crippen molar-refractivity contribution in [1.82, 2.24) is 10.2 Å². The zero-order valence-electron chi connectivity index (χ0n) is 13.6. The summed E-state index contributed by atoms with van der Waals surface area (Å²) < 4.78 is 11.1. The van der Waals surface area contributed by atoms with Crippen molar-refractivity contribution < 1.29 is 14.3 Å². The van der Waals surface area contributed by atoms with Gasteiger partial charge in [-0.25, -0.2) is 4.79 Å². The van der Waals surface area contributed by atoms with E-state index in [0.29, 0.717) is 11.5 Å². The van der Waals surface area contributed by atoms with Crippen molar-refractivity contribution in [3.05, 3.63) is 0 Å². The van der Waals surface area contributed by atoms with Crippen LogP contribution in [0.2, 0.25) is 0 Å². The molecule has 2 spiro atoms. The number of epoxide rings is 1. The summed E-state index contributed by atoms with van der Waals surface area (Å²) in [5.41, 5.74) is 0.676. The molecule has 0 atom stereocenters. The SMILES string of the molecule is CN1CCC2(CC1)CC(NC(=O)OC1CCC3(CC1)CO3)C2. The van der Waals surface area contributed by atoms with Crippen molar-refractivity contribution in [2.45, 2.75) is 69.1 Å². The molecule has 5 nitrogen and oxygen atoms in total. The number of ether oxygens (including phenoxy) is 2. The first-order valence-corrected chi connectivity index (χ1v) is 8.86. The minimum Gasteiger partial charge on any atom is -0.446 e. The second kappa shape index (κ2) is 5.38. The van der Waals surface area contributed by atoms with E-state index in [2.05, 4.69) is 17.3 Å². The van der Waals surface area contributed by atoms with Crippen molar-refractivity contribution >= 4 is 6.09 Å². The molecule has 4 aliphatic rings. The van der Waals surface area contributed by atoms with Gasteiger partial charge in [-0.1, -0.05) is 0 Å². The van der Waals surface area contributed by atoms with Gasteiger partial charge in [-0.05, 0) is 76.9 Å². The second-order valence-electron chi connectivity index (χ2n) is 8.13. The lowest BCUT2D eigenvalue weighted by atomic mass is 9.60. The molecule has 2 saturated heterocycles. The van der Waals surface area contributed by atoms with Gasteiger partial charge in [0.2, 0.25) is 0 Å². The van der Waals surface area contributed by atoms with Gasteiger partial charge in [0.25, 0.3) is 0 Å². The van der Waals surface area contributed by atoms with Crippen LogP contribution in [-0.2, 0) is 9.47 Å². The number of likely N-dealkylation sites (tertiary alicyclic amines) is 1. The number of hydrogen-bond donors (Lipinski definition) is 1. The first-order valence-electron chi connectivity index (χ1n) is 8.86. The Balaban J connectivity index is 1.16. The fourth-order valence-electron chi connectivity index (χ4n) is 4.57. The molecule has 0 aromatic carbocycles. The number of amides is 1. The maximum Gasteiger partial charge on any atom is 0.407 e. The van der Waals surface area contributed by atoms with Crippen LogP contribution < -0.4 is 5.32 Å². The van der Waals surface area contributed by atoms with Crippen LogP contribution in [0.25, 0.3) is 0 Å². The van der Waals surface area contributed by atoms with Crippen LogP contribution in [-0.4, -0.2) is 55.5 Å². The average molecular weight is 308 g/mol. The van der Waals surface area contributed by atoms with Crippen LogP contribution in [0.15, 0.2) is 0 Å². The molecule has 5 heteroatoms. The van der Waals surface area contributed by atoms with E-state index in [-0.39, 0.29) is 17.8 Å². The van der Waals surface area contributed by atoms with E-state index in [1.165, 1.54) is 25.9 Å². The molecule has 2 aliphatic carbocycles. The largest absolute Gasteiger partial charge is 0.446 e. The Kier molecular flexibility index (Phi) is 3.61. The monoisotopic (exact) mass is 308 g/mol. The molecule has 0 aromatic heterocycles. The molecule has 2 aliphatic heterocycles. The summed E-state index contributed by atoms with van der Waals surface area (Å²) in [6.07, 6.45) is 8.72. The molecule has 0 radical (unpaired) electrons. The predicted octanol–water partition coefficient (Wildman–Crippen LogP) is 2.30. The van der Waals surface area contributed by atoms with E-state index in [0.717, 1.165) is 45.1 Å². The van der Waals surface area contributed by atoms with Gasteiger partial charge >= 0.3 is 6.09 Å². The maximum absolute atomic E-state index is 12.0. The van der Waals surface area contributed by atoms with Gasteiger partial charge in [0, 0.05) is 6.04 Å². The molecule has 2 saturated carbocycles. The van der Waals surface area contributed by atoms with E-state index in [9.17, 15) is 4.79 Å². The summed E-state index contributed by atoms with van der Waals surface area (Å²) in [5, 5.41) is 3.08. The van der Waals surface area contributed by atoms with Crippen LogP contribution in [0.4, 0.5) is 4.79 Å². The molecule has 1 N–H and O–H groups in total. The topological polar surface area (TPSA) is 54.1 Å². The minimum absolute atomic E-state index is 0.0900. The Morgan fingerprint density at radius 3 is 2.41 bits per heavy atom. The molecule has 0 aromatic rings. The van der Waals surface area contributed by atoms with Crippen molar-refractivity contribution in [3.63, 3.8) is 0 Å². The molecule has 0 bridgehead atoms. The molecule has 4 fully saturated rings. The normalized spacial score (nSPS) is 33.4. The summed E-state index contributed by atoms with van der Waals surface area (Å²) in [6, 6.07) is 0.331. The van der Waals surface area contributed by atoms with Crippen molar-refractivity contribution in [3.8, 4) is 0 Å². The van der Waals surface area contributed by atoms with Gasteiger partial charge in [-0.15, -0.1) is 0 Å². The second-order valence-corrected chi connectivity index (χ2v) is 8.13. The van der Waals surface area contributed by atoms with Crippen LogP contribution in [0.5, 0.6) is 0 Å². The highest BCUT2D eigenvalue weighted by Gasteiger charge is 2.48. The predicted molar refractivity (Wildman–Crippen MR) is 82.7 cm³/mol. The van der Waals surface area contributed by atoms with Crippen molar-refractivity contribution in [2.75, 3.05) is 26.7 Å². The number of alkyl carbamates (subject to hydrolysis) is 1. The van der Waals surface area contributed by atoms with E-state index in [1.807, 2.05) is 0 Å². The third kappa shape index (κ3) is 2.98. The molecule has 124 valence electrons. The Labute approximate surface area is 132 Å². The molecule has 2 heterocycles. The zero-order chi connectivity index (χ0) is 15.2. The van der Waals surface area contributed by atoms with Crippen LogP contribution in [0, 0.1) is 5.41 Å². The van der Waals surface area contributed by atoms with Gasteiger partial charge in [0.05, 0.1) is 12.2 Å². The van der Waals surface area contributed by atoms with E-state index < -0.39 is 0 Å². The summed E-state index contributed by atoms with van der Waals surface area (Å²) in [4.78, 5) is 14.4. The standard InChI is InChI=1S/C17H28N2O3/c1-19-8-6-16(7-9-19)10-13(11-16)18-15(20)22-14-2-4-17(5-3-14)12-21-17/h13-14H,2-12H2,1H3,(H,18,20). The molecule has 1 amide bonds. The first kappa shape index (κ1) is 14.8. The minimum atomic E-state index is -0.203. The number of piperidine rings is 1. The number of carbonyl (C=O) groups is 1. The number of nitrogens with zero attached hydrogens (tertiary/aromatic N) is 1. The first-order chi connectivity index (χ1) is 10.6. The molecular formula is C17H28N2O3. The number of nitrogens with one attached hydrogen (secondary N) is 1. The fraction of sp³-hybridized carbons (Fsp3) is 0.941. The highest BCUT2D eigenvalue weighted by Crippen LogP contribution is 2.49. The average Bonchev–Trinajstić information content (AvgIpc) is 3.22. The van der Waals surface area contributed by atoms with Crippen LogP contribution in [0.1, 0.15) is 51.4 Å². The summed E-state index contributed by atoms with van der Waals surface area (Å²) in [5.74, 6) is 0. The lowest BCUT2D eigenvalue weighted by Gasteiger charge is -2.51. The van der Waals surface area contributed by atoms with Gasteiger partial charge in [0.1, 0.15) is 6.10 Å². The van der Waals surface area contributed by atoms with E-state index in [4.69, 9.17) is 9.47 Å². The summed E-state index contributed by atoms with van der Waals surface area (Å²) in [6.45, 7) is 3.30. The summed E-state index contributed by atoms with van der Waals surface area (Å²) >= 11 is 0. The lowest BCUT2D eigenvalue weighted by molar-refractivity contribution is 0.00526. The van der Waals surface area contributed by atoms with Crippen LogP contribution in [0.3, 0.4) is 0 Å². The lowest BCUT2D eigenvalue weighted by Crippen LogP contribution is -2.54. The highest BCUT2D eigenvalue weighted by molar-refractivity contribution is 5.68. The quantitative estimate of drug-likeness (QED) is 0.795. The number of rotatable bonds is 2. The Morgan fingerprint density at radius 1 is 1.18 bits per heavy atom. The Bertz CT molecular complexity index is 423. The zero-order valence-corrected chi connectivity index (χ0v) is 13.6. The van der Waals surface area contributed by atoms with Crippen LogP contribution >= 0.6 is 0 Å². The van der Waals surface area contributed by atoms with Gasteiger partial charge in [-0.3, -0.25) is 0 Å². The van der Waals surface area contributed by atoms with E-state index >= 15 is 0 Å². The van der Waals surface area contributed by atoms with Crippen molar-refractivity contribution in [1.29, 1.82) is 0 Å². The highest BCUT2D eigenvalue weighted by atomic mass is 16.6. The fourth-order valence-corrected chi connectivity index (χ4v) is 4.57. The van der Waals surface area contributed by atoms with Crippen molar-refractivity contribution in [2.24, 2.45) is 5.41 Å². The third-order valence-electron chi connectivity index (χ3n) is 6.40. The number of carbonyl (C=O) groups excluding carboxylic acids is 1. The third-order valence-corrected chi connectivity index (χ3v) is 6.40. The smallest absolute Gasteiger partial charge is 0.407 e. The molecule has 0 unspecified atom stereocenters. The van der Waals surface area contributed by atoms with Gasteiger partial charge in [-0.2, -0.15) is 0 Å². The summed E-state index contributed by atoms with van der Waals surface area (Å²) in [7, 11) is 2.19. The van der Waals surface area contributed by atoms with Gasteiger partial charge < -0.3 is 19.7 Å². The molecule has 22 heavy (non-hydrogen) atoms. The Morgan fingerprint density at radius 2 is 1.82 bits per heavy atom. The van der Waals surface area contributed by atoms with E-state index in [1.54, 1.807) is 0 Å². The number of hydrogen-bond acceptors (Lipinski definition) is 4. The molecular weight excluding hydrogens is 280 g/mol.